The fourth-order valence-electron chi connectivity index (χ4n) is 3.97. The molecule has 1 aliphatic rings. The third kappa shape index (κ3) is 3.74. The second-order valence-corrected chi connectivity index (χ2v) is 8.19. The van der Waals surface area contributed by atoms with Crippen molar-refractivity contribution in [3.63, 3.8) is 0 Å². The lowest BCUT2D eigenvalue weighted by atomic mass is 10.1. The molecule has 4 aromatic rings. The zero-order chi connectivity index (χ0) is 22.4. The maximum atomic E-state index is 14.8. The number of pyridine rings is 1. The number of H-pyrrole nitrogens is 1. The average Bonchev–Trinajstić information content (AvgIpc) is 3.19. The van der Waals surface area contributed by atoms with E-state index in [0.29, 0.717) is 36.9 Å². The van der Waals surface area contributed by atoms with E-state index in [1.807, 2.05) is 13.2 Å². The van der Waals surface area contributed by atoms with Gasteiger partial charge in [-0.3, -0.25) is 9.48 Å². The summed E-state index contributed by atoms with van der Waals surface area (Å²) in [6.07, 6.45) is 3.52. The maximum absolute atomic E-state index is 14.8. The summed E-state index contributed by atoms with van der Waals surface area (Å²) in [6, 6.07) is 6.07. The van der Waals surface area contributed by atoms with Crippen molar-refractivity contribution in [2.24, 2.45) is 7.05 Å². The lowest BCUT2D eigenvalue weighted by molar-refractivity contribution is 0.0395. The fourth-order valence-corrected chi connectivity index (χ4v) is 4.13. The van der Waals surface area contributed by atoms with Gasteiger partial charge in [-0.15, -0.1) is 0 Å². The maximum Gasteiger partial charge on any atom is 0.260 e. The minimum absolute atomic E-state index is 0.181. The number of halogens is 2. The van der Waals surface area contributed by atoms with Gasteiger partial charge in [0.25, 0.3) is 5.56 Å². The van der Waals surface area contributed by atoms with Crippen molar-refractivity contribution in [2.75, 3.05) is 24.6 Å². The fraction of sp³-hybridized carbons (Fsp3) is 0.273. The van der Waals surface area contributed by atoms with Gasteiger partial charge in [-0.05, 0) is 25.1 Å². The van der Waals surface area contributed by atoms with Gasteiger partial charge in [-0.25, -0.2) is 14.4 Å². The zero-order valence-corrected chi connectivity index (χ0v) is 18.2. The molecule has 0 spiro atoms. The Morgan fingerprint density at radius 1 is 1.28 bits per heavy atom. The van der Waals surface area contributed by atoms with Crippen molar-refractivity contribution >= 4 is 28.3 Å². The van der Waals surface area contributed by atoms with Gasteiger partial charge < -0.3 is 14.6 Å². The third-order valence-corrected chi connectivity index (χ3v) is 5.70. The number of aromatic nitrogens is 5. The van der Waals surface area contributed by atoms with Crippen LogP contribution >= 0.6 is 11.6 Å². The Hall–Kier alpha value is -3.30. The number of aromatic amines is 1. The summed E-state index contributed by atoms with van der Waals surface area (Å²) in [5.41, 5.74) is 1.46. The largest absolute Gasteiger partial charge is 0.370 e. The number of hydrogen-bond donors (Lipinski definition) is 1. The van der Waals surface area contributed by atoms with Crippen LogP contribution < -0.4 is 10.5 Å². The molecule has 1 atom stereocenters. The molecule has 1 aliphatic heterocycles. The lowest BCUT2D eigenvalue weighted by Crippen LogP contribution is -2.39. The van der Waals surface area contributed by atoms with Crippen molar-refractivity contribution in [1.82, 2.24) is 24.7 Å². The number of nitrogens with zero attached hydrogens (tertiary/aromatic N) is 5. The van der Waals surface area contributed by atoms with E-state index in [0.717, 1.165) is 5.56 Å². The Morgan fingerprint density at radius 2 is 2.12 bits per heavy atom. The highest BCUT2D eigenvalue weighted by Gasteiger charge is 2.26. The van der Waals surface area contributed by atoms with Crippen LogP contribution in [0.15, 0.2) is 41.5 Å². The highest BCUT2D eigenvalue weighted by Crippen LogP contribution is 2.32. The number of aryl methyl sites for hydroxylation is 2. The second-order valence-electron chi connectivity index (χ2n) is 7.75. The van der Waals surface area contributed by atoms with E-state index in [2.05, 4.69) is 20.0 Å². The normalized spacial score (nSPS) is 16.6. The first kappa shape index (κ1) is 20.6. The van der Waals surface area contributed by atoms with Gasteiger partial charge in [0.2, 0.25) is 0 Å². The standard InChI is InChI=1S/C22H20ClFN6O2/c1-12-26-17-8-19(30-5-6-32-18(11-30)13-9-25-29(2)10-13)28-21(20(17)22(31)27-12)15-4-3-14(23)7-16(15)24/h3-4,7-10,18H,5-6,11H2,1-2H3,(H,26,27,31)/t18-/m1/s1. The first-order valence-corrected chi connectivity index (χ1v) is 10.5. The summed E-state index contributed by atoms with van der Waals surface area (Å²) >= 11 is 5.93. The van der Waals surface area contributed by atoms with Crippen LogP contribution in [0.25, 0.3) is 22.2 Å². The van der Waals surface area contributed by atoms with E-state index in [1.165, 1.54) is 12.1 Å². The monoisotopic (exact) mass is 454 g/mol. The molecule has 1 saturated heterocycles. The van der Waals surface area contributed by atoms with E-state index >= 15 is 0 Å². The van der Waals surface area contributed by atoms with Gasteiger partial charge >= 0.3 is 0 Å². The number of fused-ring (bicyclic) bond motifs is 1. The Labute approximate surface area is 187 Å². The highest BCUT2D eigenvalue weighted by molar-refractivity contribution is 6.30. The first-order valence-electron chi connectivity index (χ1n) is 10.1. The molecule has 0 unspecified atom stereocenters. The molecular formula is C22H20ClFN6O2. The summed E-state index contributed by atoms with van der Waals surface area (Å²) < 4.78 is 22.5. The van der Waals surface area contributed by atoms with Gasteiger partial charge in [0.15, 0.2) is 0 Å². The highest BCUT2D eigenvalue weighted by atomic mass is 35.5. The minimum Gasteiger partial charge on any atom is -0.370 e. The number of ether oxygens (including phenoxy) is 1. The van der Waals surface area contributed by atoms with Crippen molar-refractivity contribution in [2.45, 2.75) is 13.0 Å². The topological polar surface area (TPSA) is 88.9 Å². The van der Waals surface area contributed by atoms with Gasteiger partial charge in [0.05, 0.1) is 29.4 Å². The van der Waals surface area contributed by atoms with Crippen LogP contribution in [-0.4, -0.2) is 44.4 Å². The molecule has 0 amide bonds. The first-order chi connectivity index (χ1) is 15.4. The number of rotatable bonds is 3. The molecule has 4 heterocycles. The Kier molecular flexibility index (Phi) is 5.15. The molecule has 164 valence electrons. The summed E-state index contributed by atoms with van der Waals surface area (Å²) in [6.45, 7) is 3.33. The Morgan fingerprint density at radius 3 is 2.88 bits per heavy atom. The summed E-state index contributed by atoms with van der Waals surface area (Å²) in [7, 11) is 1.85. The molecule has 1 N–H and O–H groups in total. The van der Waals surface area contributed by atoms with Crippen LogP contribution in [-0.2, 0) is 11.8 Å². The number of benzene rings is 1. The van der Waals surface area contributed by atoms with Crippen LogP contribution in [0, 0.1) is 12.7 Å². The van der Waals surface area contributed by atoms with Crippen LogP contribution in [0.1, 0.15) is 17.5 Å². The molecule has 5 rings (SSSR count). The summed E-state index contributed by atoms with van der Waals surface area (Å²) in [4.78, 5) is 26.7. The molecule has 10 heteroatoms. The number of nitrogens with one attached hydrogen (secondary N) is 1. The van der Waals surface area contributed by atoms with Gasteiger partial charge in [0, 0.05) is 48.5 Å². The molecule has 8 nitrogen and oxygen atoms in total. The van der Waals surface area contributed by atoms with E-state index in [9.17, 15) is 9.18 Å². The lowest BCUT2D eigenvalue weighted by Gasteiger charge is -2.33. The number of anilines is 1. The van der Waals surface area contributed by atoms with E-state index in [1.54, 1.807) is 29.9 Å². The van der Waals surface area contributed by atoms with E-state index in [-0.39, 0.29) is 33.3 Å². The third-order valence-electron chi connectivity index (χ3n) is 5.47. The molecule has 0 radical (unpaired) electrons. The smallest absolute Gasteiger partial charge is 0.260 e. The van der Waals surface area contributed by atoms with Crippen molar-refractivity contribution in [3.8, 4) is 11.3 Å². The van der Waals surface area contributed by atoms with Crippen LogP contribution in [0.2, 0.25) is 5.02 Å². The summed E-state index contributed by atoms with van der Waals surface area (Å²) in [5.74, 6) is 0.507. The Balaban J connectivity index is 1.64. The molecule has 0 aliphatic carbocycles. The average molecular weight is 455 g/mol. The molecule has 0 bridgehead atoms. The molecule has 32 heavy (non-hydrogen) atoms. The predicted molar refractivity (Wildman–Crippen MR) is 119 cm³/mol. The molecule has 0 saturated carbocycles. The van der Waals surface area contributed by atoms with Crippen LogP contribution in [0.3, 0.4) is 0 Å². The summed E-state index contributed by atoms with van der Waals surface area (Å²) in [5, 5.41) is 4.72. The molecule has 1 fully saturated rings. The van der Waals surface area contributed by atoms with Crippen molar-refractivity contribution in [1.29, 1.82) is 0 Å². The zero-order valence-electron chi connectivity index (χ0n) is 17.5. The Bertz CT molecular complexity index is 1380. The van der Waals surface area contributed by atoms with Crippen molar-refractivity contribution in [3.05, 3.63) is 69.2 Å². The van der Waals surface area contributed by atoms with E-state index < -0.39 is 5.82 Å². The predicted octanol–water partition coefficient (Wildman–Crippen LogP) is 3.40. The molecular weight excluding hydrogens is 435 g/mol. The van der Waals surface area contributed by atoms with Crippen LogP contribution in [0.4, 0.5) is 10.2 Å². The second kappa shape index (κ2) is 7.99. The van der Waals surface area contributed by atoms with Gasteiger partial charge in [0.1, 0.15) is 23.6 Å². The SMILES string of the molecule is Cc1nc2cc(N3CCO[C@@H](c4cnn(C)c4)C3)nc(-c3ccc(Cl)cc3F)c2c(=O)[nH]1. The van der Waals surface area contributed by atoms with Crippen LogP contribution in [0.5, 0.6) is 0 Å². The number of hydrogen-bond acceptors (Lipinski definition) is 6. The van der Waals surface area contributed by atoms with Gasteiger partial charge in [-0.2, -0.15) is 5.10 Å². The molecule has 3 aromatic heterocycles. The minimum atomic E-state index is -0.557. The van der Waals surface area contributed by atoms with Crippen molar-refractivity contribution < 1.29 is 9.13 Å². The quantitative estimate of drug-likeness (QED) is 0.510. The van der Waals surface area contributed by atoms with E-state index in [4.69, 9.17) is 21.3 Å². The molecule has 1 aromatic carbocycles. The number of morpholine rings is 1. The van der Waals surface area contributed by atoms with Gasteiger partial charge in [-0.1, -0.05) is 11.6 Å².